The minimum absolute atomic E-state index is 0. The molecule has 1 fully saturated rings. The molecule has 2 heterocycles. The zero-order valence-corrected chi connectivity index (χ0v) is 17.7. The fourth-order valence-electron chi connectivity index (χ4n) is 3.73. The smallest absolute Gasteiger partial charge is 0.147 e. The van der Waals surface area contributed by atoms with Gasteiger partial charge in [0.25, 0.3) is 0 Å². The van der Waals surface area contributed by atoms with Crippen molar-refractivity contribution in [3.8, 4) is 5.75 Å². The topological polar surface area (TPSA) is 64.5 Å². The van der Waals surface area contributed by atoms with E-state index < -0.39 is 0 Å². The average Bonchev–Trinajstić information content (AvgIpc) is 3.10. The van der Waals surface area contributed by atoms with Crippen LogP contribution in [0, 0.1) is 5.82 Å². The number of nitrogens with zero attached hydrogens (tertiary/aromatic N) is 2. The summed E-state index contributed by atoms with van der Waals surface area (Å²) in [6.07, 6.45) is 3.01. The van der Waals surface area contributed by atoms with Crippen LogP contribution < -0.4 is 10.5 Å². The van der Waals surface area contributed by atoms with Gasteiger partial charge in [-0.1, -0.05) is 17.3 Å². The maximum atomic E-state index is 13.3. The second-order valence-electron chi connectivity index (χ2n) is 7.06. The van der Waals surface area contributed by atoms with E-state index in [-0.39, 0.29) is 30.6 Å². The number of anilines is 1. The molecule has 158 valence electrons. The number of benzene rings is 2. The Morgan fingerprint density at radius 3 is 2.66 bits per heavy atom. The fourth-order valence-corrected chi connectivity index (χ4v) is 3.73. The Morgan fingerprint density at radius 1 is 1.14 bits per heavy atom. The highest BCUT2D eigenvalue weighted by molar-refractivity contribution is 5.85. The zero-order chi connectivity index (χ0) is 18.6. The number of aromatic nitrogens is 1. The molecule has 2 N–H and O–H groups in total. The lowest BCUT2D eigenvalue weighted by Crippen LogP contribution is -2.34. The quantitative estimate of drug-likeness (QED) is 0.428. The second kappa shape index (κ2) is 10.7. The molecule has 2 aromatic carbocycles. The summed E-state index contributed by atoms with van der Waals surface area (Å²) in [5.41, 5.74) is 7.16. The molecular formula is C21H26Cl2FN3O2. The summed E-state index contributed by atoms with van der Waals surface area (Å²) in [4.78, 5) is 2.45. The van der Waals surface area contributed by atoms with Crippen LogP contribution in [0.2, 0.25) is 0 Å². The van der Waals surface area contributed by atoms with Gasteiger partial charge >= 0.3 is 0 Å². The lowest BCUT2D eigenvalue weighted by Gasteiger charge is -2.30. The molecule has 0 aliphatic carbocycles. The lowest BCUT2D eigenvalue weighted by molar-refractivity contribution is 0.183. The van der Waals surface area contributed by atoms with Crippen molar-refractivity contribution < 1.29 is 13.7 Å². The molecule has 1 aromatic heterocycles. The molecule has 4 rings (SSSR count). The van der Waals surface area contributed by atoms with Crippen molar-refractivity contribution in [2.75, 3.05) is 32.0 Å². The molecule has 0 radical (unpaired) electrons. The highest BCUT2D eigenvalue weighted by Crippen LogP contribution is 2.33. The van der Waals surface area contributed by atoms with Gasteiger partial charge in [0, 0.05) is 23.9 Å². The Hall–Kier alpha value is -2.02. The van der Waals surface area contributed by atoms with Gasteiger partial charge in [0.2, 0.25) is 0 Å². The number of hydrogen-bond donors (Lipinski definition) is 1. The van der Waals surface area contributed by atoms with Gasteiger partial charge in [0.05, 0.1) is 12.3 Å². The van der Waals surface area contributed by atoms with Gasteiger partial charge in [-0.3, -0.25) is 0 Å². The Bertz CT molecular complexity index is 914. The zero-order valence-electron chi connectivity index (χ0n) is 16.1. The van der Waals surface area contributed by atoms with Crippen LogP contribution in [0.3, 0.4) is 0 Å². The minimum atomic E-state index is -0.281. The van der Waals surface area contributed by atoms with Crippen LogP contribution in [0.1, 0.15) is 30.9 Å². The third-order valence-electron chi connectivity index (χ3n) is 5.22. The van der Waals surface area contributed by atoms with Gasteiger partial charge in [-0.05, 0) is 56.6 Å². The lowest BCUT2D eigenvalue weighted by atomic mass is 9.92. The van der Waals surface area contributed by atoms with E-state index in [4.69, 9.17) is 15.0 Å². The summed E-state index contributed by atoms with van der Waals surface area (Å²) in [6, 6.07) is 12.2. The van der Waals surface area contributed by atoms with Crippen molar-refractivity contribution >= 4 is 41.4 Å². The average molecular weight is 442 g/mol. The summed E-state index contributed by atoms with van der Waals surface area (Å²) in [7, 11) is 0. The van der Waals surface area contributed by atoms with Crippen molar-refractivity contribution in [3.63, 3.8) is 0 Å². The monoisotopic (exact) mass is 441 g/mol. The number of ether oxygens (including phenoxy) is 1. The Balaban J connectivity index is 0.00000150. The molecule has 5 nitrogen and oxygen atoms in total. The highest BCUT2D eigenvalue weighted by Gasteiger charge is 2.25. The van der Waals surface area contributed by atoms with E-state index >= 15 is 0 Å². The maximum absolute atomic E-state index is 13.3. The molecule has 1 aliphatic heterocycles. The number of rotatable bonds is 6. The molecule has 1 aliphatic rings. The first-order valence-corrected chi connectivity index (χ1v) is 9.45. The van der Waals surface area contributed by atoms with Gasteiger partial charge in [-0.2, -0.15) is 0 Å². The molecule has 0 saturated carbocycles. The summed E-state index contributed by atoms with van der Waals surface area (Å²) in [6.45, 7) is 3.69. The SMILES string of the molecule is Cl.Cl.Nc1ccccc1OCCCN1CCC(c2onc3cc(F)ccc23)CC1. The highest BCUT2D eigenvalue weighted by atomic mass is 35.5. The largest absolute Gasteiger partial charge is 0.491 e. The number of halogens is 3. The maximum Gasteiger partial charge on any atom is 0.147 e. The molecule has 1 saturated heterocycles. The van der Waals surface area contributed by atoms with Crippen molar-refractivity contribution in [3.05, 3.63) is 54.0 Å². The van der Waals surface area contributed by atoms with E-state index in [0.717, 1.165) is 55.8 Å². The predicted molar refractivity (Wildman–Crippen MR) is 118 cm³/mol. The van der Waals surface area contributed by atoms with Crippen LogP contribution in [0.15, 0.2) is 47.0 Å². The molecule has 8 heteroatoms. The summed E-state index contributed by atoms with van der Waals surface area (Å²) in [5, 5.41) is 4.95. The second-order valence-corrected chi connectivity index (χ2v) is 7.06. The molecule has 3 aromatic rings. The first-order chi connectivity index (χ1) is 13.2. The van der Waals surface area contributed by atoms with Gasteiger partial charge < -0.3 is 19.9 Å². The number of nitrogen functional groups attached to an aromatic ring is 1. The standard InChI is InChI=1S/C21H24FN3O2.2ClH/c22-16-6-7-17-19(14-16)24-27-21(17)15-8-11-25(12-9-15)10-3-13-26-20-5-2-1-4-18(20)23;;/h1-2,4-7,14-15H,3,8-13,23H2;2*1H. The number of piperidine rings is 1. The van der Waals surface area contributed by atoms with E-state index in [0.29, 0.717) is 23.7 Å². The molecule has 0 spiro atoms. The van der Waals surface area contributed by atoms with Crippen LogP contribution in [0.4, 0.5) is 10.1 Å². The third-order valence-corrected chi connectivity index (χ3v) is 5.22. The van der Waals surface area contributed by atoms with E-state index in [1.165, 1.54) is 12.1 Å². The molecule has 0 unspecified atom stereocenters. The van der Waals surface area contributed by atoms with Crippen molar-refractivity contribution in [2.45, 2.75) is 25.2 Å². The van der Waals surface area contributed by atoms with Crippen LogP contribution in [-0.2, 0) is 0 Å². The van der Waals surface area contributed by atoms with Crippen LogP contribution in [0.5, 0.6) is 5.75 Å². The number of para-hydroxylation sites is 2. The molecule has 0 atom stereocenters. The molecule has 29 heavy (non-hydrogen) atoms. The van der Waals surface area contributed by atoms with Crippen molar-refractivity contribution in [1.29, 1.82) is 0 Å². The first kappa shape index (κ1) is 23.3. The van der Waals surface area contributed by atoms with Gasteiger partial charge in [-0.25, -0.2) is 4.39 Å². The van der Waals surface area contributed by atoms with Crippen molar-refractivity contribution in [1.82, 2.24) is 10.1 Å². The van der Waals surface area contributed by atoms with E-state index in [2.05, 4.69) is 10.1 Å². The Labute approximate surface area is 182 Å². The first-order valence-electron chi connectivity index (χ1n) is 9.45. The van der Waals surface area contributed by atoms with Crippen LogP contribution in [-0.4, -0.2) is 36.3 Å². The normalized spacial score (nSPS) is 14.9. The van der Waals surface area contributed by atoms with Gasteiger partial charge in [0.1, 0.15) is 22.8 Å². The minimum Gasteiger partial charge on any atom is -0.491 e. The molecule has 0 bridgehead atoms. The number of likely N-dealkylation sites (tertiary alicyclic amines) is 1. The van der Waals surface area contributed by atoms with Crippen LogP contribution >= 0.6 is 24.8 Å². The van der Waals surface area contributed by atoms with E-state index in [1.54, 1.807) is 6.07 Å². The number of nitrogens with two attached hydrogens (primary N) is 1. The predicted octanol–water partition coefficient (Wildman–Crippen LogP) is 5.04. The Kier molecular flexibility index (Phi) is 8.56. The van der Waals surface area contributed by atoms with Crippen LogP contribution in [0.25, 0.3) is 10.9 Å². The van der Waals surface area contributed by atoms with Gasteiger partial charge in [-0.15, -0.1) is 24.8 Å². The summed E-state index contributed by atoms with van der Waals surface area (Å²) < 4.78 is 24.6. The molecular weight excluding hydrogens is 416 g/mol. The third kappa shape index (κ3) is 5.53. The van der Waals surface area contributed by atoms with Gasteiger partial charge in [0.15, 0.2) is 0 Å². The van der Waals surface area contributed by atoms with E-state index in [1.807, 2.05) is 24.3 Å². The summed E-state index contributed by atoms with van der Waals surface area (Å²) in [5.74, 6) is 1.71. The molecule has 0 amide bonds. The fraction of sp³-hybridized carbons (Fsp3) is 0.381. The number of hydrogen-bond acceptors (Lipinski definition) is 5. The van der Waals surface area contributed by atoms with E-state index in [9.17, 15) is 4.39 Å². The number of fused-ring (bicyclic) bond motifs is 1. The van der Waals surface area contributed by atoms with Crippen molar-refractivity contribution in [2.24, 2.45) is 0 Å². The summed E-state index contributed by atoms with van der Waals surface area (Å²) >= 11 is 0. The Morgan fingerprint density at radius 2 is 1.90 bits per heavy atom.